The molecule has 10 heteroatoms. The summed E-state index contributed by atoms with van der Waals surface area (Å²) in [6, 6.07) is 9.31. The van der Waals surface area contributed by atoms with E-state index in [2.05, 4.69) is 10.4 Å². The maximum absolute atomic E-state index is 13.8. The maximum atomic E-state index is 13.8. The quantitative estimate of drug-likeness (QED) is 0.576. The Bertz CT molecular complexity index is 1280. The van der Waals surface area contributed by atoms with Crippen molar-refractivity contribution in [1.29, 1.82) is 0 Å². The number of carbonyl (C=O) groups is 3. The molecule has 2 amide bonds. The summed E-state index contributed by atoms with van der Waals surface area (Å²) in [5, 5.41) is 9.29. The lowest BCUT2D eigenvalue weighted by atomic mass is 9.97. The number of hydroxylamine groups is 2. The second-order valence-electron chi connectivity index (χ2n) is 9.72. The average Bonchev–Trinajstić information content (AvgIpc) is 3.22. The number of amides is 2. The van der Waals surface area contributed by atoms with Gasteiger partial charge in [0.05, 0.1) is 22.6 Å². The van der Waals surface area contributed by atoms with E-state index in [9.17, 15) is 18.8 Å². The van der Waals surface area contributed by atoms with Crippen LogP contribution in [-0.2, 0) is 14.4 Å². The van der Waals surface area contributed by atoms with E-state index in [4.69, 9.17) is 10.6 Å². The molecule has 0 bridgehead atoms. The Morgan fingerprint density at radius 3 is 2.54 bits per heavy atom. The number of carbonyl (C=O) groups excluding carboxylic acids is 3. The Hall–Kier alpha value is -3.79. The van der Waals surface area contributed by atoms with Gasteiger partial charge in [0, 0.05) is 30.4 Å². The van der Waals surface area contributed by atoms with Crippen molar-refractivity contribution in [2.24, 2.45) is 17.1 Å². The molecular formula is C25H28FN5O4. The summed E-state index contributed by atoms with van der Waals surface area (Å²) in [5.41, 5.74) is 6.32. The van der Waals surface area contributed by atoms with Crippen LogP contribution in [0.25, 0.3) is 16.6 Å². The minimum atomic E-state index is -0.757. The molecule has 3 N–H and O–H groups in total. The van der Waals surface area contributed by atoms with Crippen LogP contribution in [0.1, 0.15) is 44.0 Å². The molecular weight excluding hydrogens is 453 g/mol. The lowest BCUT2D eigenvalue weighted by Crippen LogP contribution is -2.43. The molecule has 1 aliphatic heterocycles. The third-order valence-corrected chi connectivity index (χ3v) is 5.82. The highest BCUT2D eigenvalue weighted by Crippen LogP contribution is 2.24. The Morgan fingerprint density at radius 1 is 1.17 bits per heavy atom. The van der Waals surface area contributed by atoms with E-state index in [1.54, 1.807) is 56.3 Å². The largest absolute Gasteiger partial charge is 0.367 e. The molecule has 1 aliphatic rings. The van der Waals surface area contributed by atoms with Crippen molar-refractivity contribution in [2.75, 3.05) is 18.4 Å². The highest BCUT2D eigenvalue weighted by molar-refractivity contribution is 6.04. The number of nitrogens with one attached hydrogen (secondary N) is 1. The fourth-order valence-electron chi connectivity index (χ4n) is 3.85. The molecule has 2 heterocycles. The number of piperidine rings is 1. The molecule has 184 valence electrons. The number of hydrogen-bond acceptors (Lipinski definition) is 6. The summed E-state index contributed by atoms with van der Waals surface area (Å²) < 4.78 is 15.3. The van der Waals surface area contributed by atoms with Crippen LogP contribution in [-0.4, -0.2) is 45.7 Å². The van der Waals surface area contributed by atoms with E-state index in [0.29, 0.717) is 41.8 Å². The number of hydrogen-bond donors (Lipinski definition) is 2. The van der Waals surface area contributed by atoms with Crippen LogP contribution in [0.2, 0.25) is 0 Å². The topological polar surface area (TPSA) is 120 Å². The highest BCUT2D eigenvalue weighted by atomic mass is 19.1. The summed E-state index contributed by atoms with van der Waals surface area (Å²) in [6.45, 7) is 6.29. The SMILES string of the molecule is CC(C)(C)C(=O)ON1CCCC(C(=O)Nc2ccc(-n3cc4cc(F)cc(C(N)=O)c4n3)cc2)C1. The fourth-order valence-corrected chi connectivity index (χ4v) is 3.85. The molecule has 0 saturated carbocycles. The van der Waals surface area contributed by atoms with Crippen LogP contribution in [0.15, 0.2) is 42.6 Å². The van der Waals surface area contributed by atoms with Gasteiger partial charge in [-0.1, -0.05) is 0 Å². The van der Waals surface area contributed by atoms with Crippen LogP contribution < -0.4 is 11.1 Å². The number of nitrogens with two attached hydrogens (primary N) is 1. The van der Waals surface area contributed by atoms with Gasteiger partial charge in [-0.15, -0.1) is 5.06 Å². The third kappa shape index (κ3) is 5.48. The molecule has 1 saturated heterocycles. The van der Waals surface area contributed by atoms with Gasteiger partial charge in [0.25, 0.3) is 5.91 Å². The molecule has 1 fully saturated rings. The zero-order valence-corrected chi connectivity index (χ0v) is 19.9. The van der Waals surface area contributed by atoms with Gasteiger partial charge in [0.2, 0.25) is 5.91 Å². The van der Waals surface area contributed by atoms with Crippen molar-refractivity contribution < 1.29 is 23.6 Å². The summed E-state index contributed by atoms with van der Waals surface area (Å²) >= 11 is 0. The second-order valence-corrected chi connectivity index (χ2v) is 9.72. The molecule has 4 rings (SSSR count). The predicted octanol–water partition coefficient (Wildman–Crippen LogP) is 3.42. The summed E-state index contributed by atoms with van der Waals surface area (Å²) in [5.74, 6) is -2.12. The Balaban J connectivity index is 1.43. The van der Waals surface area contributed by atoms with Gasteiger partial charge in [0.1, 0.15) is 11.3 Å². The summed E-state index contributed by atoms with van der Waals surface area (Å²) in [4.78, 5) is 42.1. The number of primary amides is 1. The van der Waals surface area contributed by atoms with Gasteiger partial charge in [-0.3, -0.25) is 9.59 Å². The van der Waals surface area contributed by atoms with Crippen molar-refractivity contribution in [3.63, 3.8) is 0 Å². The fraction of sp³-hybridized carbons (Fsp3) is 0.360. The Labute approximate surface area is 202 Å². The van der Waals surface area contributed by atoms with Crippen molar-refractivity contribution in [3.05, 3.63) is 54.0 Å². The van der Waals surface area contributed by atoms with E-state index in [1.807, 2.05) is 0 Å². The van der Waals surface area contributed by atoms with E-state index in [1.165, 1.54) is 10.7 Å². The van der Waals surface area contributed by atoms with E-state index in [0.717, 1.165) is 12.5 Å². The first-order valence-corrected chi connectivity index (χ1v) is 11.4. The van der Waals surface area contributed by atoms with Gasteiger partial charge in [0.15, 0.2) is 0 Å². The molecule has 1 unspecified atom stereocenters. The molecule has 0 spiro atoms. The van der Waals surface area contributed by atoms with Gasteiger partial charge in [-0.2, -0.15) is 5.10 Å². The lowest BCUT2D eigenvalue weighted by Gasteiger charge is -2.32. The molecule has 3 aromatic rings. The number of aromatic nitrogens is 2. The van der Waals surface area contributed by atoms with E-state index in [-0.39, 0.29) is 23.4 Å². The zero-order chi connectivity index (χ0) is 25.3. The predicted molar refractivity (Wildman–Crippen MR) is 128 cm³/mol. The Kier molecular flexibility index (Phi) is 6.58. The van der Waals surface area contributed by atoms with Gasteiger partial charge >= 0.3 is 5.97 Å². The van der Waals surface area contributed by atoms with E-state index < -0.39 is 17.1 Å². The molecule has 0 aliphatic carbocycles. The third-order valence-electron chi connectivity index (χ3n) is 5.82. The average molecular weight is 482 g/mol. The van der Waals surface area contributed by atoms with Gasteiger partial charge in [-0.25, -0.2) is 13.9 Å². The first-order valence-electron chi connectivity index (χ1n) is 11.4. The summed E-state index contributed by atoms with van der Waals surface area (Å²) in [6.07, 6.45) is 3.05. The Morgan fingerprint density at radius 2 is 1.89 bits per heavy atom. The van der Waals surface area contributed by atoms with Crippen molar-refractivity contribution in [3.8, 4) is 5.69 Å². The van der Waals surface area contributed by atoms with Crippen LogP contribution in [0.3, 0.4) is 0 Å². The van der Waals surface area contributed by atoms with Crippen LogP contribution in [0, 0.1) is 17.2 Å². The number of anilines is 1. The standard InChI is InChI=1S/C25H28FN5O4/c1-25(2,3)24(34)35-30-10-4-5-15(13-30)23(33)28-18-6-8-19(9-7-18)31-14-16-11-17(26)12-20(22(27)32)21(16)29-31/h6-9,11-12,14-15H,4-5,10,13H2,1-3H3,(H2,27,32)(H,28,33). The number of benzene rings is 2. The number of nitrogens with zero attached hydrogens (tertiary/aromatic N) is 3. The molecule has 1 atom stereocenters. The van der Waals surface area contributed by atoms with Gasteiger partial charge in [-0.05, 0) is 70.0 Å². The number of rotatable bonds is 5. The summed E-state index contributed by atoms with van der Waals surface area (Å²) in [7, 11) is 0. The first-order chi connectivity index (χ1) is 16.5. The van der Waals surface area contributed by atoms with Crippen LogP contribution in [0.5, 0.6) is 0 Å². The molecule has 1 aromatic heterocycles. The van der Waals surface area contributed by atoms with Crippen molar-refractivity contribution >= 4 is 34.4 Å². The number of fused-ring (bicyclic) bond motifs is 1. The van der Waals surface area contributed by atoms with Crippen molar-refractivity contribution in [1.82, 2.24) is 14.8 Å². The molecule has 9 nitrogen and oxygen atoms in total. The molecule has 2 aromatic carbocycles. The minimum Gasteiger partial charge on any atom is -0.367 e. The van der Waals surface area contributed by atoms with Crippen molar-refractivity contribution in [2.45, 2.75) is 33.6 Å². The smallest absolute Gasteiger partial charge is 0.330 e. The lowest BCUT2D eigenvalue weighted by molar-refractivity contribution is -0.207. The molecule has 35 heavy (non-hydrogen) atoms. The zero-order valence-electron chi connectivity index (χ0n) is 19.9. The minimum absolute atomic E-state index is 0.0114. The number of halogens is 1. The van der Waals surface area contributed by atoms with Gasteiger partial charge < -0.3 is 15.9 Å². The maximum Gasteiger partial charge on any atom is 0.330 e. The first kappa shape index (κ1) is 24.3. The van der Waals surface area contributed by atoms with Crippen LogP contribution in [0.4, 0.5) is 10.1 Å². The second kappa shape index (κ2) is 9.46. The monoisotopic (exact) mass is 481 g/mol. The normalized spacial score (nSPS) is 16.7. The van der Waals surface area contributed by atoms with Crippen LogP contribution >= 0.6 is 0 Å². The highest BCUT2D eigenvalue weighted by Gasteiger charge is 2.31. The molecule has 0 radical (unpaired) electrons. The van der Waals surface area contributed by atoms with E-state index >= 15 is 0 Å².